The highest BCUT2D eigenvalue weighted by Crippen LogP contribution is 2.37. The van der Waals surface area contributed by atoms with Crippen LogP contribution in [0.1, 0.15) is 37.7 Å². The minimum absolute atomic E-state index is 0.212. The molecule has 8 nitrogen and oxygen atoms in total. The van der Waals surface area contributed by atoms with Crippen molar-refractivity contribution in [1.29, 1.82) is 0 Å². The largest absolute Gasteiger partial charge is 0.449 e. The van der Waals surface area contributed by atoms with Gasteiger partial charge >= 0.3 is 6.09 Å². The molecule has 5 rings (SSSR count). The molecule has 1 saturated heterocycles. The van der Waals surface area contributed by atoms with Gasteiger partial charge in [0.2, 0.25) is 5.88 Å². The van der Waals surface area contributed by atoms with Crippen LogP contribution in [-0.4, -0.2) is 64.7 Å². The molecule has 0 atom stereocenters. The number of rotatable bonds is 6. The number of aromatic nitrogens is 2. The first kappa shape index (κ1) is 21.1. The van der Waals surface area contributed by atoms with Gasteiger partial charge < -0.3 is 19.3 Å². The van der Waals surface area contributed by atoms with Gasteiger partial charge in [0.05, 0.1) is 11.3 Å². The zero-order chi connectivity index (χ0) is 21.9. The summed E-state index contributed by atoms with van der Waals surface area (Å²) < 4.78 is 11.5. The normalized spacial score (nSPS) is 20.5. The Labute approximate surface area is 193 Å². The number of aliphatic imine (C=N–C) groups is 1. The van der Waals surface area contributed by atoms with Crippen LogP contribution in [0.2, 0.25) is 0 Å². The van der Waals surface area contributed by atoms with Crippen LogP contribution in [0.4, 0.5) is 10.6 Å². The number of hydrogen-bond donors (Lipinski definition) is 1. The van der Waals surface area contributed by atoms with Crippen LogP contribution in [0, 0.1) is 5.92 Å². The van der Waals surface area contributed by atoms with Crippen LogP contribution in [0.3, 0.4) is 0 Å². The quantitative estimate of drug-likeness (QED) is 0.525. The summed E-state index contributed by atoms with van der Waals surface area (Å²) in [5, 5.41) is 0. The maximum atomic E-state index is 12.1. The standard InChI is InChI=1S/C23H27N5O3S/c29-23(30-13-14-32)27-11-7-17(8-12-27)28-10-2-3-18-21(28)25-15-26-22(18)31-19-4-1-9-24-20(19)16-5-6-16/h3-4,10,15-17,32H,1,5-9,11-14H2. The SMILES string of the molecule is O=C(OCCS)N1CCC(N2C=C=Cc3c(OC4=CCCN=C4C4CC4)ncnc32)CC1. The van der Waals surface area contributed by atoms with E-state index < -0.39 is 0 Å². The number of anilines is 1. The Balaban J connectivity index is 1.30. The van der Waals surface area contributed by atoms with Crippen molar-refractivity contribution in [3.63, 3.8) is 0 Å². The van der Waals surface area contributed by atoms with E-state index in [1.54, 1.807) is 11.2 Å². The van der Waals surface area contributed by atoms with Crippen molar-refractivity contribution in [3.8, 4) is 5.88 Å². The van der Waals surface area contributed by atoms with Crippen molar-refractivity contribution in [2.24, 2.45) is 10.9 Å². The number of piperidine rings is 1. The number of dihydropyridines is 1. The van der Waals surface area contributed by atoms with E-state index >= 15 is 0 Å². The number of amides is 1. The summed E-state index contributed by atoms with van der Waals surface area (Å²) in [6, 6.07) is 0.212. The van der Waals surface area contributed by atoms with Crippen LogP contribution in [0.25, 0.3) is 6.08 Å². The van der Waals surface area contributed by atoms with E-state index in [1.807, 2.05) is 12.3 Å². The van der Waals surface area contributed by atoms with E-state index in [4.69, 9.17) is 14.5 Å². The fraction of sp³-hybridized carbons (Fsp3) is 0.522. The highest BCUT2D eigenvalue weighted by atomic mass is 32.1. The Morgan fingerprint density at radius 1 is 1.22 bits per heavy atom. The van der Waals surface area contributed by atoms with Gasteiger partial charge in [-0.2, -0.15) is 12.6 Å². The third kappa shape index (κ3) is 4.40. The Morgan fingerprint density at radius 3 is 2.84 bits per heavy atom. The molecule has 1 saturated carbocycles. The molecule has 0 aromatic carbocycles. The molecule has 1 aromatic heterocycles. The molecule has 1 amide bonds. The summed E-state index contributed by atoms with van der Waals surface area (Å²) in [5.41, 5.74) is 5.13. The number of hydrogen-bond acceptors (Lipinski definition) is 8. The molecule has 4 heterocycles. The molecule has 0 spiro atoms. The topological polar surface area (TPSA) is 80.2 Å². The zero-order valence-corrected chi connectivity index (χ0v) is 18.8. The number of nitrogens with zero attached hydrogens (tertiary/aromatic N) is 5. The summed E-state index contributed by atoms with van der Waals surface area (Å²) in [7, 11) is 0. The van der Waals surface area contributed by atoms with Crippen LogP contribution < -0.4 is 9.64 Å². The molecule has 0 unspecified atom stereocenters. The van der Waals surface area contributed by atoms with E-state index in [2.05, 4.69) is 39.3 Å². The summed E-state index contributed by atoms with van der Waals surface area (Å²) in [6.45, 7) is 2.44. The summed E-state index contributed by atoms with van der Waals surface area (Å²) in [6.07, 6.45) is 12.1. The van der Waals surface area contributed by atoms with Crippen LogP contribution in [0.15, 0.2) is 35.1 Å². The zero-order valence-electron chi connectivity index (χ0n) is 17.9. The second-order valence-corrected chi connectivity index (χ2v) is 8.77. The van der Waals surface area contributed by atoms with Crippen LogP contribution in [0.5, 0.6) is 5.88 Å². The molecule has 1 aromatic rings. The van der Waals surface area contributed by atoms with Crippen molar-refractivity contribution in [2.75, 3.05) is 36.9 Å². The summed E-state index contributed by atoms with van der Waals surface area (Å²) in [4.78, 5) is 29.7. The van der Waals surface area contributed by atoms with E-state index in [1.165, 1.54) is 12.8 Å². The number of carbonyl (C=O) groups is 1. The van der Waals surface area contributed by atoms with E-state index in [0.717, 1.165) is 48.7 Å². The molecule has 0 bridgehead atoms. The number of thiol groups is 1. The lowest BCUT2D eigenvalue weighted by Gasteiger charge is -2.37. The Hall–Kier alpha value is -2.77. The number of ether oxygens (including phenoxy) is 2. The monoisotopic (exact) mass is 453 g/mol. The van der Waals surface area contributed by atoms with Crippen LogP contribution in [-0.2, 0) is 4.74 Å². The van der Waals surface area contributed by atoms with Gasteiger partial charge in [0, 0.05) is 43.5 Å². The van der Waals surface area contributed by atoms with Gasteiger partial charge in [-0.1, -0.05) is 0 Å². The van der Waals surface area contributed by atoms with Gasteiger partial charge in [-0.15, -0.1) is 5.73 Å². The van der Waals surface area contributed by atoms with Crippen LogP contribution >= 0.6 is 12.6 Å². The Bertz CT molecular complexity index is 1000. The maximum absolute atomic E-state index is 12.1. The molecule has 168 valence electrons. The molecule has 3 aliphatic heterocycles. The molecule has 9 heteroatoms. The van der Waals surface area contributed by atoms with Gasteiger partial charge in [0.25, 0.3) is 0 Å². The third-order valence-corrected chi connectivity index (χ3v) is 6.29. The van der Waals surface area contributed by atoms with E-state index in [0.29, 0.717) is 37.2 Å². The van der Waals surface area contributed by atoms with Gasteiger partial charge in [0.15, 0.2) is 0 Å². The Morgan fingerprint density at radius 2 is 2.06 bits per heavy atom. The summed E-state index contributed by atoms with van der Waals surface area (Å²) in [5.74, 6) is 3.23. The highest BCUT2D eigenvalue weighted by molar-refractivity contribution is 7.80. The molecule has 0 N–H and O–H groups in total. The van der Waals surface area contributed by atoms with E-state index in [9.17, 15) is 4.79 Å². The Kier molecular flexibility index (Phi) is 6.19. The second-order valence-electron chi connectivity index (χ2n) is 8.32. The smallest absolute Gasteiger partial charge is 0.409 e. The number of likely N-dealkylation sites (tertiary alicyclic amines) is 1. The predicted octanol–water partition coefficient (Wildman–Crippen LogP) is 3.47. The number of fused-ring (bicyclic) bond motifs is 1. The minimum Gasteiger partial charge on any atom is -0.449 e. The minimum atomic E-state index is -0.265. The lowest BCUT2D eigenvalue weighted by Crippen LogP contribution is -2.46. The highest BCUT2D eigenvalue weighted by Gasteiger charge is 2.33. The van der Waals surface area contributed by atoms with Gasteiger partial charge in [0.1, 0.15) is 24.5 Å². The fourth-order valence-corrected chi connectivity index (χ4v) is 4.41. The lowest BCUT2D eigenvalue weighted by atomic mass is 10.0. The van der Waals surface area contributed by atoms with Gasteiger partial charge in [-0.05, 0) is 44.3 Å². The predicted molar refractivity (Wildman–Crippen MR) is 125 cm³/mol. The van der Waals surface area contributed by atoms with Gasteiger partial charge in [-0.3, -0.25) is 4.99 Å². The third-order valence-electron chi connectivity index (χ3n) is 6.11. The molecular weight excluding hydrogens is 426 g/mol. The number of allylic oxidation sites excluding steroid dienone is 1. The molecular formula is C23H27N5O3S. The molecule has 2 fully saturated rings. The molecule has 1 aliphatic carbocycles. The number of carbonyl (C=O) groups excluding carboxylic acids is 1. The van der Waals surface area contributed by atoms with Gasteiger partial charge in [-0.25, -0.2) is 14.8 Å². The average Bonchev–Trinajstić information content (AvgIpc) is 3.68. The van der Waals surface area contributed by atoms with Crippen molar-refractivity contribution >= 4 is 36.3 Å². The molecule has 4 aliphatic rings. The second kappa shape index (κ2) is 9.38. The van der Waals surface area contributed by atoms with Crippen molar-refractivity contribution in [2.45, 2.75) is 38.1 Å². The van der Waals surface area contributed by atoms with Crippen molar-refractivity contribution < 1.29 is 14.3 Å². The first-order chi connectivity index (χ1) is 15.7. The van der Waals surface area contributed by atoms with E-state index in [-0.39, 0.29) is 12.1 Å². The fourth-order valence-electron chi connectivity index (χ4n) is 4.32. The maximum Gasteiger partial charge on any atom is 0.409 e. The summed E-state index contributed by atoms with van der Waals surface area (Å²) >= 11 is 4.09. The van der Waals surface area contributed by atoms with Crippen molar-refractivity contribution in [3.05, 3.63) is 35.7 Å². The lowest BCUT2D eigenvalue weighted by molar-refractivity contribution is 0.0981. The first-order valence-corrected chi connectivity index (χ1v) is 11.9. The average molecular weight is 454 g/mol. The molecule has 32 heavy (non-hydrogen) atoms. The first-order valence-electron chi connectivity index (χ1n) is 11.3. The molecule has 0 radical (unpaired) electrons. The van der Waals surface area contributed by atoms with Crippen molar-refractivity contribution in [1.82, 2.24) is 14.9 Å².